The highest BCUT2D eigenvalue weighted by Gasteiger charge is 2.26. The normalized spacial score (nSPS) is 17.2. The fraction of sp³-hybridized carbons (Fsp3) is 0.444. The van der Waals surface area contributed by atoms with Gasteiger partial charge in [-0.3, -0.25) is 9.36 Å². The van der Waals surface area contributed by atoms with Crippen LogP contribution in [0.2, 0.25) is 0 Å². The molecule has 2 amide bonds. The Morgan fingerprint density at radius 1 is 0.941 bits per heavy atom. The van der Waals surface area contributed by atoms with Crippen LogP contribution in [0.4, 0.5) is 4.79 Å². The van der Waals surface area contributed by atoms with E-state index in [1.807, 2.05) is 47.4 Å². The highest BCUT2D eigenvalue weighted by molar-refractivity contribution is 5.95. The van der Waals surface area contributed by atoms with E-state index in [-0.39, 0.29) is 11.9 Å². The zero-order chi connectivity index (χ0) is 23.3. The van der Waals surface area contributed by atoms with Gasteiger partial charge in [-0.25, -0.2) is 9.78 Å². The van der Waals surface area contributed by atoms with Crippen molar-refractivity contribution in [2.24, 2.45) is 5.92 Å². The van der Waals surface area contributed by atoms with E-state index < -0.39 is 0 Å². The lowest BCUT2D eigenvalue weighted by Gasteiger charge is -2.34. The Bertz CT molecular complexity index is 1140. The number of carbonyl (C=O) groups is 2. The van der Waals surface area contributed by atoms with Crippen LogP contribution < -0.4 is 4.74 Å². The lowest BCUT2D eigenvalue weighted by atomic mass is 9.87. The molecule has 7 nitrogen and oxygen atoms in total. The van der Waals surface area contributed by atoms with Crippen LogP contribution in [-0.2, 0) is 0 Å². The standard InChI is InChI=1S/C27H32N4O3/c32-26(23-8-4-10-24(20-23)34-19-12-21-6-2-1-3-7-21)29-15-17-30(18-16-29)27(33)31-14-11-22-9-5-13-28-25(22)31/h4-5,8-11,13-14,20-21H,1-3,6-7,12,15-19H2. The predicted octanol–water partition coefficient (Wildman–Crippen LogP) is 4.81. The molecule has 0 N–H and O–H groups in total. The molecule has 0 unspecified atom stereocenters. The van der Waals surface area contributed by atoms with Crippen molar-refractivity contribution in [3.63, 3.8) is 0 Å². The van der Waals surface area contributed by atoms with Gasteiger partial charge in [0.1, 0.15) is 11.4 Å². The predicted molar refractivity (Wildman–Crippen MR) is 131 cm³/mol. The summed E-state index contributed by atoms with van der Waals surface area (Å²) in [6, 6.07) is 13.1. The second kappa shape index (κ2) is 10.3. The van der Waals surface area contributed by atoms with E-state index in [1.165, 1.54) is 32.1 Å². The van der Waals surface area contributed by atoms with E-state index in [0.29, 0.717) is 44.0 Å². The fourth-order valence-electron chi connectivity index (χ4n) is 5.09. The zero-order valence-electron chi connectivity index (χ0n) is 19.6. The topological polar surface area (TPSA) is 67.7 Å². The van der Waals surface area contributed by atoms with Crippen molar-refractivity contribution in [3.05, 3.63) is 60.4 Å². The van der Waals surface area contributed by atoms with Gasteiger partial charge < -0.3 is 14.5 Å². The number of amides is 2. The van der Waals surface area contributed by atoms with Crippen molar-refractivity contribution < 1.29 is 14.3 Å². The summed E-state index contributed by atoms with van der Waals surface area (Å²) in [4.78, 5) is 34.0. The lowest BCUT2D eigenvalue weighted by Crippen LogP contribution is -2.51. The Hall–Kier alpha value is -3.35. The summed E-state index contributed by atoms with van der Waals surface area (Å²) in [7, 11) is 0. The zero-order valence-corrected chi connectivity index (χ0v) is 19.6. The molecule has 3 heterocycles. The molecule has 0 radical (unpaired) electrons. The molecule has 1 saturated heterocycles. The third kappa shape index (κ3) is 4.93. The van der Waals surface area contributed by atoms with Crippen LogP contribution >= 0.6 is 0 Å². The Balaban J connectivity index is 1.15. The quantitative estimate of drug-likeness (QED) is 0.548. The number of hydrogen-bond donors (Lipinski definition) is 0. The van der Waals surface area contributed by atoms with Gasteiger partial charge in [-0.1, -0.05) is 38.2 Å². The number of benzene rings is 1. The summed E-state index contributed by atoms with van der Waals surface area (Å²) in [6.07, 6.45) is 11.2. The summed E-state index contributed by atoms with van der Waals surface area (Å²) in [5.41, 5.74) is 1.29. The van der Waals surface area contributed by atoms with E-state index in [2.05, 4.69) is 4.98 Å². The highest BCUT2D eigenvalue weighted by atomic mass is 16.5. The number of pyridine rings is 1. The molecule has 1 aromatic carbocycles. The number of piperazine rings is 1. The van der Waals surface area contributed by atoms with Crippen LogP contribution in [0.15, 0.2) is 54.9 Å². The summed E-state index contributed by atoms with van der Waals surface area (Å²) >= 11 is 0. The summed E-state index contributed by atoms with van der Waals surface area (Å²) in [5, 5.41) is 0.936. The van der Waals surface area contributed by atoms with E-state index in [4.69, 9.17) is 4.74 Å². The fourth-order valence-corrected chi connectivity index (χ4v) is 5.09. The largest absolute Gasteiger partial charge is 0.494 e. The Kier molecular flexibility index (Phi) is 6.79. The van der Waals surface area contributed by atoms with E-state index in [1.54, 1.807) is 21.9 Å². The first-order valence-electron chi connectivity index (χ1n) is 12.4. The molecule has 1 aliphatic heterocycles. The van der Waals surface area contributed by atoms with Crippen LogP contribution in [0.1, 0.15) is 48.9 Å². The van der Waals surface area contributed by atoms with Gasteiger partial charge in [0.25, 0.3) is 5.91 Å². The van der Waals surface area contributed by atoms with Crippen LogP contribution in [-0.4, -0.2) is 64.1 Å². The van der Waals surface area contributed by atoms with Crippen LogP contribution in [0, 0.1) is 5.92 Å². The van der Waals surface area contributed by atoms with Gasteiger partial charge in [0, 0.05) is 49.5 Å². The van der Waals surface area contributed by atoms with Crippen LogP contribution in [0.3, 0.4) is 0 Å². The summed E-state index contributed by atoms with van der Waals surface area (Å²) in [5.74, 6) is 1.51. The third-order valence-corrected chi connectivity index (χ3v) is 7.09. The molecule has 1 saturated carbocycles. The van der Waals surface area contributed by atoms with Crippen molar-refractivity contribution in [3.8, 4) is 5.75 Å². The SMILES string of the molecule is O=C(c1cccc(OCCC2CCCCC2)c1)N1CCN(C(=O)n2ccc3cccnc32)CC1. The minimum Gasteiger partial charge on any atom is -0.494 e. The van der Waals surface area contributed by atoms with Crippen molar-refractivity contribution in [2.75, 3.05) is 32.8 Å². The van der Waals surface area contributed by atoms with Gasteiger partial charge in [-0.05, 0) is 48.7 Å². The Morgan fingerprint density at radius 3 is 2.56 bits per heavy atom. The lowest BCUT2D eigenvalue weighted by molar-refractivity contribution is 0.0665. The molecule has 0 bridgehead atoms. The summed E-state index contributed by atoms with van der Waals surface area (Å²) < 4.78 is 7.56. The molecule has 5 rings (SSSR count). The van der Waals surface area contributed by atoms with Crippen molar-refractivity contribution >= 4 is 23.0 Å². The molecule has 2 fully saturated rings. The second-order valence-corrected chi connectivity index (χ2v) is 9.33. The minimum atomic E-state index is -0.103. The molecule has 0 atom stereocenters. The molecule has 2 aliphatic rings. The molecule has 1 aliphatic carbocycles. The maximum Gasteiger partial charge on any atom is 0.329 e. The smallest absolute Gasteiger partial charge is 0.329 e. The third-order valence-electron chi connectivity index (χ3n) is 7.09. The van der Waals surface area contributed by atoms with Gasteiger partial charge in [-0.15, -0.1) is 0 Å². The second-order valence-electron chi connectivity index (χ2n) is 9.33. The first-order chi connectivity index (χ1) is 16.7. The van der Waals surface area contributed by atoms with Crippen LogP contribution in [0.5, 0.6) is 5.75 Å². The molecule has 2 aromatic heterocycles. The number of ether oxygens (including phenoxy) is 1. The Labute approximate surface area is 200 Å². The van der Waals surface area contributed by atoms with Crippen molar-refractivity contribution in [2.45, 2.75) is 38.5 Å². The van der Waals surface area contributed by atoms with Crippen molar-refractivity contribution in [1.29, 1.82) is 0 Å². The van der Waals surface area contributed by atoms with Crippen LogP contribution in [0.25, 0.3) is 11.0 Å². The molecule has 178 valence electrons. The number of aromatic nitrogens is 2. The van der Waals surface area contributed by atoms with Crippen molar-refractivity contribution in [1.82, 2.24) is 19.4 Å². The number of nitrogens with zero attached hydrogens (tertiary/aromatic N) is 4. The number of fused-ring (bicyclic) bond motifs is 1. The van der Waals surface area contributed by atoms with E-state index in [0.717, 1.165) is 23.5 Å². The molecule has 34 heavy (non-hydrogen) atoms. The molecular formula is C27H32N4O3. The molecule has 7 heteroatoms. The first-order valence-corrected chi connectivity index (χ1v) is 12.4. The van der Waals surface area contributed by atoms with Gasteiger partial charge in [0.05, 0.1) is 6.61 Å². The first kappa shape index (κ1) is 22.4. The monoisotopic (exact) mass is 460 g/mol. The van der Waals surface area contributed by atoms with Gasteiger partial charge >= 0.3 is 6.03 Å². The minimum absolute atomic E-state index is 0.0158. The number of carbonyl (C=O) groups excluding carboxylic acids is 2. The highest BCUT2D eigenvalue weighted by Crippen LogP contribution is 2.26. The molecule has 3 aromatic rings. The molecule has 0 spiro atoms. The summed E-state index contributed by atoms with van der Waals surface area (Å²) in [6.45, 7) is 2.70. The Morgan fingerprint density at radius 2 is 1.74 bits per heavy atom. The maximum atomic E-state index is 13.1. The average molecular weight is 461 g/mol. The average Bonchev–Trinajstić information content (AvgIpc) is 3.33. The van der Waals surface area contributed by atoms with Gasteiger partial charge in [-0.2, -0.15) is 0 Å². The van der Waals surface area contributed by atoms with E-state index in [9.17, 15) is 9.59 Å². The number of hydrogen-bond acceptors (Lipinski definition) is 4. The molecular weight excluding hydrogens is 428 g/mol. The number of rotatable bonds is 5. The maximum absolute atomic E-state index is 13.1. The van der Waals surface area contributed by atoms with Gasteiger partial charge in [0.2, 0.25) is 0 Å². The van der Waals surface area contributed by atoms with Gasteiger partial charge in [0.15, 0.2) is 0 Å². The van der Waals surface area contributed by atoms with E-state index >= 15 is 0 Å².